The maximum atomic E-state index is 13.9. The van der Waals surface area contributed by atoms with Gasteiger partial charge in [0.25, 0.3) is 0 Å². The number of anilines is 2. The molecule has 190 valence electrons. The number of benzene rings is 3. The van der Waals surface area contributed by atoms with Crippen molar-refractivity contribution in [2.45, 2.75) is 12.5 Å². The van der Waals surface area contributed by atoms with Crippen molar-refractivity contribution in [1.29, 1.82) is 0 Å². The third-order valence-corrected chi connectivity index (χ3v) is 6.25. The Kier molecular flexibility index (Phi) is 8.73. The SMILES string of the molecule is COc1ccc(N(C)C(=O)C(Cc2ccccc2)NC(=O)NS(=O)(=O)Nc2cc(Cl)ccc2F)cc1. The molecule has 0 saturated carbocycles. The monoisotopic (exact) mass is 534 g/mol. The van der Waals surface area contributed by atoms with E-state index < -0.39 is 39.7 Å². The van der Waals surface area contributed by atoms with Gasteiger partial charge in [-0.05, 0) is 48.0 Å². The van der Waals surface area contributed by atoms with E-state index in [-0.39, 0.29) is 11.4 Å². The van der Waals surface area contributed by atoms with Gasteiger partial charge in [-0.2, -0.15) is 8.42 Å². The number of halogens is 2. The van der Waals surface area contributed by atoms with Gasteiger partial charge in [0.05, 0.1) is 12.8 Å². The van der Waals surface area contributed by atoms with E-state index in [1.165, 1.54) is 25.1 Å². The van der Waals surface area contributed by atoms with Crippen LogP contribution in [0.3, 0.4) is 0 Å². The van der Waals surface area contributed by atoms with Crippen molar-refractivity contribution >= 4 is 45.1 Å². The van der Waals surface area contributed by atoms with Crippen LogP contribution in [0.2, 0.25) is 5.02 Å². The predicted octanol–water partition coefficient (Wildman–Crippen LogP) is 3.72. The zero-order valence-corrected chi connectivity index (χ0v) is 20.9. The minimum atomic E-state index is -4.55. The van der Waals surface area contributed by atoms with Crippen molar-refractivity contribution < 1.29 is 27.1 Å². The van der Waals surface area contributed by atoms with Crippen molar-refractivity contribution in [3.05, 3.63) is 89.2 Å². The summed E-state index contributed by atoms with van der Waals surface area (Å²) in [6, 6.07) is 16.6. The number of hydrogen-bond donors (Lipinski definition) is 3. The van der Waals surface area contributed by atoms with Crippen LogP contribution in [0, 0.1) is 5.82 Å². The van der Waals surface area contributed by atoms with E-state index in [0.29, 0.717) is 11.4 Å². The van der Waals surface area contributed by atoms with Crippen LogP contribution in [0.15, 0.2) is 72.8 Å². The molecule has 0 aliphatic carbocycles. The van der Waals surface area contributed by atoms with Crippen LogP contribution >= 0.6 is 11.6 Å². The molecule has 36 heavy (non-hydrogen) atoms. The molecule has 9 nitrogen and oxygen atoms in total. The zero-order valence-electron chi connectivity index (χ0n) is 19.4. The molecule has 0 heterocycles. The van der Waals surface area contributed by atoms with E-state index >= 15 is 0 Å². The summed E-state index contributed by atoms with van der Waals surface area (Å²) >= 11 is 5.78. The topological polar surface area (TPSA) is 117 Å². The number of amides is 3. The minimum absolute atomic E-state index is 0.0873. The Balaban J connectivity index is 1.77. The van der Waals surface area contributed by atoms with Gasteiger partial charge in [-0.25, -0.2) is 13.9 Å². The number of methoxy groups -OCH3 is 1. The summed E-state index contributed by atoms with van der Waals surface area (Å²) in [7, 11) is -1.50. The Morgan fingerprint density at radius 3 is 2.36 bits per heavy atom. The molecule has 0 aliphatic heterocycles. The van der Waals surface area contributed by atoms with Crippen LogP contribution in [0.25, 0.3) is 0 Å². The Bertz CT molecular complexity index is 1320. The normalized spacial score (nSPS) is 11.8. The third-order valence-electron chi connectivity index (χ3n) is 5.08. The molecule has 12 heteroatoms. The number of carbonyl (C=O) groups excluding carboxylic acids is 2. The Labute approximate surface area is 213 Å². The van der Waals surface area contributed by atoms with Crippen LogP contribution in [0.1, 0.15) is 5.56 Å². The van der Waals surface area contributed by atoms with E-state index in [2.05, 4.69) is 5.32 Å². The number of rotatable bonds is 9. The lowest BCUT2D eigenvalue weighted by molar-refractivity contribution is -0.120. The highest BCUT2D eigenvalue weighted by Gasteiger charge is 2.27. The van der Waals surface area contributed by atoms with Crippen molar-refractivity contribution in [3.8, 4) is 5.75 Å². The van der Waals surface area contributed by atoms with E-state index in [1.54, 1.807) is 59.3 Å². The number of urea groups is 1. The molecule has 0 bridgehead atoms. The zero-order chi connectivity index (χ0) is 26.3. The van der Waals surface area contributed by atoms with E-state index in [0.717, 1.165) is 17.7 Å². The first-order valence-corrected chi connectivity index (χ1v) is 12.5. The second-order valence-electron chi connectivity index (χ2n) is 7.64. The van der Waals surface area contributed by atoms with Crippen LogP contribution in [0.4, 0.5) is 20.6 Å². The summed E-state index contributed by atoms with van der Waals surface area (Å²) in [6.45, 7) is 0. The molecule has 0 fully saturated rings. The molecule has 0 radical (unpaired) electrons. The third kappa shape index (κ3) is 7.33. The van der Waals surface area contributed by atoms with Gasteiger partial charge in [0.15, 0.2) is 0 Å². The van der Waals surface area contributed by atoms with Crippen molar-refractivity contribution in [1.82, 2.24) is 10.0 Å². The van der Waals surface area contributed by atoms with E-state index in [4.69, 9.17) is 16.3 Å². The number of likely N-dealkylation sites (N-methyl/N-ethyl adjacent to an activating group) is 1. The summed E-state index contributed by atoms with van der Waals surface area (Å²) in [5.74, 6) is -0.777. The lowest BCUT2D eigenvalue weighted by atomic mass is 10.0. The number of nitrogens with one attached hydrogen (secondary N) is 3. The van der Waals surface area contributed by atoms with Gasteiger partial charge in [0.2, 0.25) is 5.91 Å². The van der Waals surface area contributed by atoms with Crippen molar-refractivity contribution in [2.75, 3.05) is 23.8 Å². The molecular formula is C24H24ClFN4O5S. The van der Waals surface area contributed by atoms with Gasteiger partial charge in [0, 0.05) is 24.2 Å². The average Bonchev–Trinajstić information content (AvgIpc) is 2.85. The van der Waals surface area contributed by atoms with Crippen LogP contribution < -0.4 is 24.4 Å². The highest BCUT2D eigenvalue weighted by Crippen LogP contribution is 2.21. The van der Waals surface area contributed by atoms with Gasteiger partial charge < -0.3 is 15.0 Å². The second-order valence-corrected chi connectivity index (χ2v) is 9.49. The number of carbonyl (C=O) groups is 2. The van der Waals surface area contributed by atoms with Crippen LogP contribution in [0.5, 0.6) is 5.75 Å². The van der Waals surface area contributed by atoms with Crippen molar-refractivity contribution in [3.63, 3.8) is 0 Å². The fraction of sp³-hybridized carbons (Fsp3) is 0.167. The summed E-state index contributed by atoms with van der Waals surface area (Å²) < 4.78 is 47.5. The first kappa shape index (κ1) is 26.8. The lowest BCUT2D eigenvalue weighted by Crippen LogP contribution is -2.53. The molecule has 1 atom stereocenters. The van der Waals surface area contributed by atoms with Gasteiger partial charge >= 0.3 is 16.2 Å². The summed E-state index contributed by atoms with van der Waals surface area (Å²) in [6.07, 6.45) is 0.0873. The van der Waals surface area contributed by atoms with Gasteiger partial charge in [-0.3, -0.25) is 9.52 Å². The highest BCUT2D eigenvalue weighted by atomic mass is 35.5. The summed E-state index contributed by atoms with van der Waals surface area (Å²) in [4.78, 5) is 27.2. The first-order valence-electron chi connectivity index (χ1n) is 10.6. The van der Waals surface area contributed by atoms with Crippen LogP contribution in [-0.2, 0) is 21.4 Å². The molecule has 3 rings (SSSR count). The summed E-state index contributed by atoms with van der Waals surface area (Å²) in [5.41, 5.74) is 0.826. The fourth-order valence-electron chi connectivity index (χ4n) is 3.27. The van der Waals surface area contributed by atoms with Crippen LogP contribution in [-0.4, -0.2) is 40.6 Å². The Morgan fingerprint density at radius 1 is 1.06 bits per heavy atom. The van der Waals surface area contributed by atoms with E-state index in [1.807, 2.05) is 4.72 Å². The Hall–Kier alpha value is -3.83. The molecule has 1 unspecified atom stereocenters. The molecule has 0 aliphatic rings. The number of hydrogen-bond acceptors (Lipinski definition) is 5. The minimum Gasteiger partial charge on any atom is -0.497 e. The second kappa shape index (κ2) is 11.7. The fourth-order valence-corrected chi connectivity index (χ4v) is 4.24. The van der Waals surface area contributed by atoms with Gasteiger partial charge in [-0.1, -0.05) is 41.9 Å². The quantitative estimate of drug-likeness (QED) is 0.387. The first-order chi connectivity index (χ1) is 17.1. The van der Waals surface area contributed by atoms with Gasteiger partial charge in [0.1, 0.15) is 17.6 Å². The molecule has 3 amide bonds. The molecule has 0 saturated heterocycles. The van der Waals surface area contributed by atoms with Gasteiger partial charge in [-0.15, -0.1) is 0 Å². The highest BCUT2D eigenvalue weighted by molar-refractivity contribution is 7.91. The predicted molar refractivity (Wildman–Crippen MR) is 136 cm³/mol. The standard InChI is InChI=1S/C24H24ClFN4O5S/c1-30(18-9-11-19(35-2)12-10-18)23(31)22(14-16-6-4-3-5-7-16)27-24(32)29-36(33,34)28-21-15-17(25)8-13-20(21)26/h3-13,15,22,28H,14H2,1-2H3,(H2,27,29,32). The molecule has 0 aromatic heterocycles. The smallest absolute Gasteiger partial charge is 0.330 e. The maximum Gasteiger partial charge on any atom is 0.330 e. The number of nitrogens with zero attached hydrogens (tertiary/aromatic N) is 1. The molecule has 3 N–H and O–H groups in total. The maximum absolute atomic E-state index is 13.9. The molecular weight excluding hydrogens is 511 g/mol. The lowest BCUT2D eigenvalue weighted by Gasteiger charge is -2.25. The largest absolute Gasteiger partial charge is 0.497 e. The molecule has 0 spiro atoms. The Morgan fingerprint density at radius 2 is 1.72 bits per heavy atom. The summed E-state index contributed by atoms with van der Waals surface area (Å²) in [5, 5.41) is 2.49. The average molecular weight is 535 g/mol. The molecule has 3 aromatic carbocycles. The number of ether oxygens (including phenoxy) is 1. The van der Waals surface area contributed by atoms with E-state index in [9.17, 15) is 22.4 Å². The van der Waals surface area contributed by atoms with Crippen molar-refractivity contribution in [2.24, 2.45) is 0 Å². The molecule has 3 aromatic rings.